The molecule has 6 nitrogen and oxygen atoms in total. The molecule has 0 radical (unpaired) electrons. The number of carbonyl (C=O) groups excluding carboxylic acids is 2. The van der Waals surface area contributed by atoms with Gasteiger partial charge in [-0.2, -0.15) is 0 Å². The highest BCUT2D eigenvalue weighted by molar-refractivity contribution is 6.33. The van der Waals surface area contributed by atoms with Crippen LogP contribution in [0.25, 0.3) is 32.8 Å². The summed E-state index contributed by atoms with van der Waals surface area (Å²) in [6, 6.07) is 10.5. The first-order valence-corrected chi connectivity index (χ1v) is 12.1. The molecule has 0 spiro atoms. The lowest BCUT2D eigenvalue weighted by molar-refractivity contribution is 0.0948. The van der Waals surface area contributed by atoms with E-state index in [1.165, 1.54) is 18.9 Å². The van der Waals surface area contributed by atoms with Gasteiger partial charge in [0.25, 0.3) is 11.8 Å². The van der Waals surface area contributed by atoms with Crippen molar-refractivity contribution in [2.24, 2.45) is 0 Å². The van der Waals surface area contributed by atoms with Crippen LogP contribution in [0, 0.1) is 19.7 Å². The van der Waals surface area contributed by atoms with Gasteiger partial charge in [-0.15, -0.1) is 0 Å². The maximum atomic E-state index is 15.2. The number of carbonyl (C=O) groups is 2. The Morgan fingerprint density at radius 1 is 1.03 bits per heavy atom. The summed E-state index contributed by atoms with van der Waals surface area (Å²) in [4.78, 5) is 32.1. The summed E-state index contributed by atoms with van der Waals surface area (Å²) < 4.78 is 15.2. The van der Waals surface area contributed by atoms with Crippen molar-refractivity contribution >= 4 is 39.0 Å². The molecule has 1 saturated heterocycles. The number of benzene rings is 3. The van der Waals surface area contributed by atoms with Gasteiger partial charge in [-0.25, -0.2) is 4.39 Å². The quantitative estimate of drug-likeness (QED) is 0.354. The molecule has 2 aliphatic rings. The minimum absolute atomic E-state index is 0.139. The Balaban J connectivity index is 1.49. The number of nitrogens with one attached hydrogen (secondary N) is 3. The number of rotatable bonds is 5. The molecule has 6 rings (SSSR count). The van der Waals surface area contributed by atoms with E-state index in [-0.39, 0.29) is 17.6 Å². The number of H-pyrrole nitrogens is 1. The Hall–Kier alpha value is -3.71. The van der Waals surface area contributed by atoms with Crippen LogP contribution in [0.15, 0.2) is 36.4 Å². The minimum atomic E-state index is -0.340. The largest absolute Gasteiger partial charge is 0.358 e. The van der Waals surface area contributed by atoms with Gasteiger partial charge < -0.3 is 20.5 Å². The summed E-state index contributed by atoms with van der Waals surface area (Å²) in [5.41, 5.74) is 4.54. The van der Waals surface area contributed by atoms with Gasteiger partial charge in [0.1, 0.15) is 5.82 Å². The molecule has 3 N–H and O–H groups in total. The van der Waals surface area contributed by atoms with Crippen molar-refractivity contribution in [2.75, 3.05) is 31.5 Å². The van der Waals surface area contributed by atoms with Crippen molar-refractivity contribution in [3.63, 3.8) is 0 Å². The second kappa shape index (κ2) is 8.20. The number of amides is 2. The molecule has 1 aromatic heterocycles. The number of hydrogen-bond donors (Lipinski definition) is 3. The van der Waals surface area contributed by atoms with Crippen molar-refractivity contribution in [3.05, 3.63) is 64.6 Å². The number of anilines is 1. The molecule has 7 heteroatoms. The molecular weight excluding hydrogens is 443 g/mol. The van der Waals surface area contributed by atoms with Gasteiger partial charge in [-0.1, -0.05) is 24.3 Å². The number of hydrogen-bond acceptors (Lipinski definition) is 3. The third-order valence-electron chi connectivity index (χ3n) is 7.42. The molecule has 2 aliphatic heterocycles. The van der Waals surface area contributed by atoms with Crippen molar-refractivity contribution in [1.29, 1.82) is 0 Å². The van der Waals surface area contributed by atoms with Crippen LogP contribution in [-0.4, -0.2) is 47.9 Å². The fraction of sp³-hybridized carbons (Fsp3) is 0.286. The standard InChI is InChI=1S/C28H27FN4O2/c1-15-21(27(34)30-11-14-33-12-3-4-13-33)16(2)31-26(15)24-18-7-5-9-19(29)22(18)17-8-6-10-20-23(17)25(24)28(35)32-20/h5-10,31H,3-4,11-14H2,1-2H3,(H,30,34)(H,32,35). The molecule has 0 atom stereocenters. The van der Waals surface area contributed by atoms with E-state index in [0.717, 1.165) is 30.9 Å². The lowest BCUT2D eigenvalue weighted by Crippen LogP contribution is -2.33. The van der Waals surface area contributed by atoms with E-state index < -0.39 is 0 Å². The summed E-state index contributed by atoms with van der Waals surface area (Å²) in [5, 5.41) is 8.53. The smallest absolute Gasteiger partial charge is 0.257 e. The third-order valence-corrected chi connectivity index (χ3v) is 7.42. The van der Waals surface area contributed by atoms with Gasteiger partial charge in [-0.05, 0) is 68.2 Å². The van der Waals surface area contributed by atoms with E-state index in [1.807, 2.05) is 38.1 Å². The number of aryl methyl sites for hydroxylation is 1. The summed E-state index contributed by atoms with van der Waals surface area (Å²) in [5.74, 6) is -0.701. The van der Waals surface area contributed by atoms with Crippen molar-refractivity contribution in [2.45, 2.75) is 26.7 Å². The fourth-order valence-corrected chi connectivity index (χ4v) is 5.83. The van der Waals surface area contributed by atoms with Gasteiger partial charge in [0.05, 0.1) is 16.8 Å². The Morgan fingerprint density at radius 2 is 1.77 bits per heavy atom. The lowest BCUT2D eigenvalue weighted by atomic mass is 9.89. The maximum Gasteiger partial charge on any atom is 0.257 e. The highest BCUT2D eigenvalue weighted by Gasteiger charge is 2.31. The predicted molar refractivity (Wildman–Crippen MR) is 137 cm³/mol. The maximum absolute atomic E-state index is 15.2. The van der Waals surface area contributed by atoms with E-state index in [2.05, 4.69) is 20.5 Å². The van der Waals surface area contributed by atoms with Crippen LogP contribution in [0.5, 0.6) is 0 Å². The Bertz CT molecular complexity index is 1530. The van der Waals surface area contributed by atoms with Gasteiger partial charge >= 0.3 is 0 Å². The molecule has 0 unspecified atom stereocenters. The second-order valence-corrected chi connectivity index (χ2v) is 9.52. The first-order valence-electron chi connectivity index (χ1n) is 12.1. The van der Waals surface area contributed by atoms with Crippen LogP contribution in [0.4, 0.5) is 10.1 Å². The van der Waals surface area contributed by atoms with Crippen LogP contribution in [0.2, 0.25) is 0 Å². The van der Waals surface area contributed by atoms with E-state index in [0.29, 0.717) is 56.2 Å². The van der Waals surface area contributed by atoms with Crippen molar-refractivity contribution in [3.8, 4) is 11.3 Å². The Morgan fingerprint density at radius 3 is 2.57 bits per heavy atom. The summed E-state index contributed by atoms with van der Waals surface area (Å²) in [7, 11) is 0. The van der Waals surface area contributed by atoms with Crippen LogP contribution >= 0.6 is 0 Å². The zero-order valence-corrected chi connectivity index (χ0v) is 19.8. The van der Waals surface area contributed by atoms with Crippen molar-refractivity contribution < 1.29 is 14.0 Å². The van der Waals surface area contributed by atoms with Crippen LogP contribution < -0.4 is 10.6 Å². The number of fused-ring (bicyclic) bond motifs is 2. The summed E-state index contributed by atoms with van der Waals surface area (Å²) in [6.45, 7) is 7.33. The molecule has 178 valence electrons. The zero-order valence-electron chi connectivity index (χ0n) is 19.8. The number of aromatic amines is 1. The molecule has 2 amide bonds. The predicted octanol–water partition coefficient (Wildman–Crippen LogP) is 5.14. The molecule has 4 aromatic rings. The average molecular weight is 471 g/mol. The van der Waals surface area contributed by atoms with Crippen LogP contribution in [0.3, 0.4) is 0 Å². The Labute approximate surface area is 202 Å². The molecule has 0 bridgehead atoms. The van der Waals surface area contributed by atoms with Gasteiger partial charge in [0.2, 0.25) is 0 Å². The number of likely N-dealkylation sites (tertiary alicyclic amines) is 1. The molecule has 3 aromatic carbocycles. The molecule has 35 heavy (non-hydrogen) atoms. The minimum Gasteiger partial charge on any atom is -0.358 e. The van der Waals surface area contributed by atoms with E-state index in [1.54, 1.807) is 6.07 Å². The van der Waals surface area contributed by atoms with E-state index >= 15 is 4.39 Å². The highest BCUT2D eigenvalue weighted by Crippen LogP contribution is 2.46. The van der Waals surface area contributed by atoms with Crippen LogP contribution in [-0.2, 0) is 0 Å². The molecule has 0 saturated carbocycles. The summed E-state index contributed by atoms with van der Waals surface area (Å²) in [6.07, 6.45) is 2.43. The van der Waals surface area contributed by atoms with Gasteiger partial charge in [0.15, 0.2) is 0 Å². The fourth-order valence-electron chi connectivity index (χ4n) is 5.83. The topological polar surface area (TPSA) is 77.2 Å². The molecule has 1 fully saturated rings. The van der Waals surface area contributed by atoms with E-state index in [9.17, 15) is 9.59 Å². The van der Waals surface area contributed by atoms with Crippen molar-refractivity contribution in [1.82, 2.24) is 15.2 Å². The first kappa shape index (κ1) is 21.8. The third kappa shape index (κ3) is 3.33. The van der Waals surface area contributed by atoms with Gasteiger partial charge in [-0.3, -0.25) is 9.59 Å². The first-order chi connectivity index (χ1) is 17.0. The van der Waals surface area contributed by atoms with Crippen LogP contribution in [0.1, 0.15) is 44.8 Å². The SMILES string of the molecule is Cc1[nH]c(-c2c3c4c(cccc4c4c(F)cccc24)NC3=O)c(C)c1C(=O)NCCN1CCCC1. The number of aromatic nitrogens is 1. The second-order valence-electron chi connectivity index (χ2n) is 9.52. The number of nitrogens with zero attached hydrogens (tertiary/aromatic N) is 1. The highest BCUT2D eigenvalue weighted by atomic mass is 19.1. The monoisotopic (exact) mass is 470 g/mol. The molecule has 3 heterocycles. The Kier molecular flexibility index (Phi) is 5.11. The van der Waals surface area contributed by atoms with Gasteiger partial charge in [0, 0.05) is 40.8 Å². The van der Waals surface area contributed by atoms with E-state index in [4.69, 9.17) is 0 Å². The normalized spacial score (nSPS) is 15.3. The number of halogens is 1. The lowest BCUT2D eigenvalue weighted by Gasteiger charge is -2.15. The zero-order chi connectivity index (χ0) is 24.3. The average Bonchev–Trinajstić information content (AvgIpc) is 3.53. The molecule has 0 aliphatic carbocycles. The summed E-state index contributed by atoms with van der Waals surface area (Å²) >= 11 is 0. The molecular formula is C28H27FN4O2.